The lowest BCUT2D eigenvalue weighted by atomic mass is 9.53. The number of nitrogens with zero attached hydrogens (tertiary/aromatic N) is 4. The van der Waals surface area contributed by atoms with Gasteiger partial charge in [-0.1, -0.05) is 84.9 Å². The van der Waals surface area contributed by atoms with Crippen molar-refractivity contribution >= 4 is 70.4 Å². The first-order valence-electron chi connectivity index (χ1n) is 17.2. The molecule has 8 heteroatoms. The third kappa shape index (κ3) is 2.88. The minimum Gasteiger partial charge on any atom is -0.453 e. The van der Waals surface area contributed by atoms with Crippen LogP contribution in [0.1, 0.15) is 0 Å². The maximum Gasteiger partial charge on any atom is 0.421 e. The molecule has 0 unspecified atom stereocenters. The van der Waals surface area contributed by atoms with E-state index in [2.05, 4.69) is 165 Å². The minimum atomic E-state index is -0.0897. The molecule has 6 aliphatic rings. The van der Waals surface area contributed by atoms with Crippen LogP contribution in [-0.4, -0.2) is 14.0 Å². The lowest BCUT2D eigenvalue weighted by Crippen LogP contribution is -2.59. The normalized spacial score (nSPS) is 15.3. The molecule has 7 aromatic rings. The summed E-state index contributed by atoms with van der Waals surface area (Å²) in [5.41, 5.74) is 16.7. The van der Waals surface area contributed by atoms with Crippen LogP contribution in [-0.2, 0) is 0 Å². The molecule has 13 rings (SSSR count). The van der Waals surface area contributed by atoms with Crippen molar-refractivity contribution in [3.05, 3.63) is 146 Å². The highest BCUT2D eigenvalue weighted by Crippen LogP contribution is 2.61. The Balaban J connectivity index is 1.12. The van der Waals surface area contributed by atoms with Gasteiger partial charge in [-0.3, -0.25) is 0 Å². The van der Waals surface area contributed by atoms with Gasteiger partial charge in [-0.2, -0.15) is 0 Å². The predicted octanol–water partition coefficient (Wildman–Crippen LogP) is 9.23. The summed E-state index contributed by atoms with van der Waals surface area (Å²) in [6.07, 6.45) is 0. The quantitative estimate of drug-likeness (QED) is 0.154. The summed E-state index contributed by atoms with van der Waals surface area (Å²) in [5.74, 6) is 3.53. The average Bonchev–Trinajstić information content (AvgIpc) is 3.71. The molecule has 0 radical (unpaired) electrons. The molecular formula is C42H24B2N4O2. The van der Waals surface area contributed by atoms with Crippen molar-refractivity contribution in [1.29, 1.82) is 0 Å². The molecule has 230 valence electrons. The zero-order valence-corrected chi connectivity index (χ0v) is 26.6. The summed E-state index contributed by atoms with van der Waals surface area (Å²) in [4.78, 5) is 10.0. The Labute approximate surface area is 289 Å². The fourth-order valence-corrected chi connectivity index (χ4v) is 9.45. The summed E-state index contributed by atoms with van der Waals surface area (Å²) in [6, 6.07) is 52.5. The molecule has 0 amide bonds. The monoisotopic (exact) mass is 638 g/mol. The van der Waals surface area contributed by atoms with E-state index in [1.54, 1.807) is 0 Å². The highest BCUT2D eigenvalue weighted by atomic mass is 16.5. The molecule has 6 heterocycles. The number of benzene rings is 7. The van der Waals surface area contributed by atoms with Crippen molar-refractivity contribution in [3.8, 4) is 45.3 Å². The van der Waals surface area contributed by atoms with Gasteiger partial charge in [-0.05, 0) is 82.7 Å². The molecule has 6 aliphatic heterocycles. The van der Waals surface area contributed by atoms with E-state index in [1.807, 2.05) is 0 Å². The molecule has 0 aromatic heterocycles. The molecule has 0 fully saturated rings. The number of hydrogen-bond acceptors (Lipinski definition) is 6. The van der Waals surface area contributed by atoms with Crippen LogP contribution >= 0.6 is 0 Å². The van der Waals surface area contributed by atoms with Crippen molar-refractivity contribution in [2.24, 2.45) is 0 Å². The van der Waals surface area contributed by atoms with Gasteiger partial charge in [-0.15, -0.1) is 0 Å². The van der Waals surface area contributed by atoms with Crippen LogP contribution in [0.2, 0.25) is 0 Å². The second-order valence-electron chi connectivity index (χ2n) is 13.7. The molecule has 0 spiro atoms. The maximum atomic E-state index is 6.54. The molecule has 7 aromatic carbocycles. The molecule has 0 bridgehead atoms. The lowest BCUT2D eigenvalue weighted by Gasteiger charge is -2.41. The Bertz CT molecular complexity index is 2510. The van der Waals surface area contributed by atoms with Gasteiger partial charge in [0.25, 0.3) is 0 Å². The molecule has 0 aliphatic carbocycles. The van der Waals surface area contributed by atoms with E-state index < -0.39 is 0 Å². The van der Waals surface area contributed by atoms with Crippen LogP contribution in [0.5, 0.6) is 23.0 Å². The fourth-order valence-electron chi connectivity index (χ4n) is 9.45. The van der Waals surface area contributed by atoms with Crippen molar-refractivity contribution in [2.75, 3.05) is 19.2 Å². The number of anilines is 8. The second-order valence-corrected chi connectivity index (χ2v) is 13.7. The van der Waals surface area contributed by atoms with E-state index in [4.69, 9.17) is 9.47 Å². The molecule has 0 saturated carbocycles. The SMILES string of the molecule is c1ccc2c(c1)Oc1cccc3c1N2B1c2cc4c(cc2-c2ccccc2N13)B1N(c2ccccc2-4)c2cccc3c2N1c1ccccc1O3. The second kappa shape index (κ2) is 8.73. The van der Waals surface area contributed by atoms with E-state index in [-0.39, 0.29) is 14.0 Å². The highest BCUT2D eigenvalue weighted by molar-refractivity contribution is 6.89. The smallest absolute Gasteiger partial charge is 0.421 e. The van der Waals surface area contributed by atoms with Crippen LogP contribution in [0.25, 0.3) is 22.3 Å². The zero-order valence-electron chi connectivity index (χ0n) is 26.6. The van der Waals surface area contributed by atoms with E-state index in [0.717, 1.165) is 57.1 Å². The molecule has 6 nitrogen and oxygen atoms in total. The Morgan fingerprint density at radius 2 is 0.700 bits per heavy atom. The highest BCUT2D eigenvalue weighted by Gasteiger charge is 2.54. The van der Waals surface area contributed by atoms with Crippen LogP contribution in [0.4, 0.5) is 45.5 Å². The van der Waals surface area contributed by atoms with Gasteiger partial charge in [0.2, 0.25) is 0 Å². The van der Waals surface area contributed by atoms with Gasteiger partial charge in [0, 0.05) is 22.5 Å². The van der Waals surface area contributed by atoms with Gasteiger partial charge < -0.3 is 28.7 Å². The molecule has 50 heavy (non-hydrogen) atoms. The van der Waals surface area contributed by atoms with Gasteiger partial charge in [0.05, 0.1) is 34.1 Å². The Morgan fingerprint density at radius 3 is 1.18 bits per heavy atom. The first-order valence-corrected chi connectivity index (χ1v) is 17.2. The zero-order chi connectivity index (χ0) is 32.2. The summed E-state index contributed by atoms with van der Waals surface area (Å²) >= 11 is 0. The first-order chi connectivity index (χ1) is 24.8. The van der Waals surface area contributed by atoms with Crippen LogP contribution in [0.3, 0.4) is 0 Å². The molecular weight excluding hydrogens is 614 g/mol. The lowest BCUT2D eigenvalue weighted by molar-refractivity contribution is 0.478. The Hall–Kier alpha value is -6.53. The number of fused-ring (bicyclic) bond motifs is 20. The summed E-state index contributed by atoms with van der Waals surface area (Å²) in [7, 11) is 0. The van der Waals surface area contributed by atoms with Gasteiger partial charge in [0.1, 0.15) is 11.5 Å². The fraction of sp³-hybridized carbons (Fsp3) is 0. The van der Waals surface area contributed by atoms with Crippen molar-refractivity contribution < 1.29 is 9.47 Å². The molecule has 0 atom stereocenters. The Morgan fingerprint density at radius 1 is 0.320 bits per heavy atom. The summed E-state index contributed by atoms with van der Waals surface area (Å²) < 4.78 is 13.1. The van der Waals surface area contributed by atoms with Crippen molar-refractivity contribution in [2.45, 2.75) is 0 Å². The summed E-state index contributed by atoms with van der Waals surface area (Å²) in [5, 5.41) is 0. The van der Waals surface area contributed by atoms with Gasteiger partial charge in [-0.25, -0.2) is 0 Å². The standard InChI is InChI=1S/C42H24B2N4O2/c1-3-13-31-25(11-1)27-23-30-28(24-29(27)43-45(31)35-17-9-21-39-41(35)47(43)33-15-5-7-19-37(33)49-39)26-12-2-4-14-32(26)46-36-18-10-22-40-42(36)48(44(30)46)34-16-6-8-20-38(34)50-40/h1-24H. The number of para-hydroxylation sites is 8. The van der Waals surface area contributed by atoms with Crippen molar-refractivity contribution in [3.63, 3.8) is 0 Å². The predicted molar refractivity (Wildman–Crippen MR) is 203 cm³/mol. The minimum absolute atomic E-state index is 0.0897. The third-order valence-corrected chi connectivity index (χ3v) is 11.3. The van der Waals surface area contributed by atoms with Crippen LogP contribution in [0, 0.1) is 0 Å². The van der Waals surface area contributed by atoms with Crippen LogP contribution in [0.15, 0.2) is 146 Å². The molecule has 0 N–H and O–H groups in total. The number of ether oxygens (including phenoxy) is 2. The third-order valence-electron chi connectivity index (χ3n) is 11.3. The topological polar surface area (TPSA) is 31.4 Å². The maximum absolute atomic E-state index is 6.54. The van der Waals surface area contributed by atoms with E-state index in [9.17, 15) is 0 Å². The summed E-state index contributed by atoms with van der Waals surface area (Å²) in [6.45, 7) is -0.179. The molecule has 0 saturated heterocycles. The first kappa shape index (κ1) is 25.5. The van der Waals surface area contributed by atoms with Crippen LogP contribution < -0.4 is 39.6 Å². The number of hydrogen-bond donors (Lipinski definition) is 0. The van der Waals surface area contributed by atoms with Crippen molar-refractivity contribution in [1.82, 2.24) is 0 Å². The largest absolute Gasteiger partial charge is 0.453 e. The van der Waals surface area contributed by atoms with Gasteiger partial charge >= 0.3 is 14.0 Å². The Kier molecular flexibility index (Phi) is 4.45. The average molecular weight is 638 g/mol. The van der Waals surface area contributed by atoms with Gasteiger partial charge in [0.15, 0.2) is 11.5 Å². The van der Waals surface area contributed by atoms with E-state index >= 15 is 0 Å². The van der Waals surface area contributed by atoms with E-state index in [1.165, 1.54) is 44.6 Å². The van der Waals surface area contributed by atoms with E-state index in [0.29, 0.717) is 0 Å². The number of rotatable bonds is 0.